The lowest BCUT2D eigenvalue weighted by atomic mass is 9.80. The van der Waals surface area contributed by atoms with E-state index in [1.807, 2.05) is 20.8 Å². The van der Waals surface area contributed by atoms with Gasteiger partial charge in [0.05, 0.1) is 10.5 Å². The third kappa shape index (κ3) is 6.24. The molecule has 1 saturated heterocycles. The Labute approximate surface area is 185 Å². The van der Waals surface area contributed by atoms with E-state index in [0.717, 1.165) is 37.0 Å². The van der Waals surface area contributed by atoms with Gasteiger partial charge in [-0.05, 0) is 94.2 Å². The lowest BCUT2D eigenvalue weighted by molar-refractivity contribution is 0.278. The molecule has 2 atom stereocenters. The molecule has 1 aliphatic heterocycles. The predicted octanol–water partition coefficient (Wildman–Crippen LogP) is 6.12. The molecule has 0 bridgehead atoms. The van der Waals surface area contributed by atoms with Crippen LogP contribution in [0.5, 0.6) is 0 Å². The van der Waals surface area contributed by atoms with Crippen molar-refractivity contribution in [1.29, 1.82) is 0 Å². The van der Waals surface area contributed by atoms with Gasteiger partial charge in [-0.25, -0.2) is 8.42 Å². The molecule has 0 N–H and O–H groups in total. The Bertz CT molecular complexity index is 760. The van der Waals surface area contributed by atoms with Gasteiger partial charge in [-0.2, -0.15) is 0 Å². The molecule has 2 fully saturated rings. The highest BCUT2D eigenvalue weighted by Crippen LogP contribution is 2.34. The minimum atomic E-state index is -2.99. The summed E-state index contributed by atoms with van der Waals surface area (Å²) in [4.78, 5) is 2.55. The highest BCUT2D eigenvalue weighted by atomic mass is 32.2. The van der Waals surface area contributed by atoms with Crippen molar-refractivity contribution in [3.8, 4) is 0 Å². The first-order chi connectivity index (χ1) is 14.0. The minimum absolute atomic E-state index is 0.360. The Morgan fingerprint density at radius 1 is 0.900 bits per heavy atom. The normalized spacial score (nSPS) is 28.5. The summed E-state index contributed by atoms with van der Waals surface area (Å²) in [5.41, 5.74) is 2.81. The molecule has 0 radical (unpaired) electrons. The number of hydrogen-bond acceptors (Lipinski definition) is 3. The summed E-state index contributed by atoms with van der Waals surface area (Å²) in [6, 6.07) is 9.27. The summed E-state index contributed by atoms with van der Waals surface area (Å²) in [5, 5.41) is 0. The first kappa shape index (κ1) is 23.6. The van der Waals surface area contributed by atoms with Crippen molar-refractivity contribution in [2.75, 3.05) is 23.7 Å². The number of rotatable bonds is 6. The monoisotopic (exact) mass is 433 g/mol. The number of benzene rings is 1. The second kappa shape index (κ2) is 9.63. The van der Waals surface area contributed by atoms with Crippen molar-refractivity contribution in [2.24, 2.45) is 23.7 Å². The largest absolute Gasteiger partial charge is 0.371 e. The van der Waals surface area contributed by atoms with Crippen molar-refractivity contribution in [3.63, 3.8) is 0 Å². The fourth-order valence-corrected chi connectivity index (χ4v) is 6.82. The fourth-order valence-electron chi connectivity index (χ4n) is 5.37. The van der Waals surface area contributed by atoms with E-state index in [1.165, 1.54) is 50.0 Å². The molecule has 0 amide bonds. The fraction of sp³-hybridized carbons (Fsp3) is 0.769. The molecule has 0 spiro atoms. The van der Waals surface area contributed by atoms with Gasteiger partial charge in [-0.3, -0.25) is 0 Å². The van der Waals surface area contributed by atoms with Gasteiger partial charge in [-0.15, -0.1) is 0 Å². The van der Waals surface area contributed by atoms with Gasteiger partial charge in [0.15, 0.2) is 9.84 Å². The molecule has 4 heteroatoms. The smallest absolute Gasteiger partial charge is 0.155 e. The lowest BCUT2D eigenvalue weighted by Crippen LogP contribution is -2.38. The zero-order valence-corrected chi connectivity index (χ0v) is 20.7. The van der Waals surface area contributed by atoms with Gasteiger partial charge in [0.1, 0.15) is 0 Å². The van der Waals surface area contributed by atoms with E-state index >= 15 is 0 Å². The van der Waals surface area contributed by atoms with E-state index < -0.39 is 14.6 Å². The quantitative estimate of drug-likeness (QED) is 0.542. The Morgan fingerprint density at radius 2 is 1.43 bits per heavy atom. The molecule has 1 aliphatic carbocycles. The second-order valence-corrected chi connectivity index (χ2v) is 14.1. The number of piperidine rings is 1. The Balaban J connectivity index is 1.44. The van der Waals surface area contributed by atoms with Gasteiger partial charge in [0, 0.05) is 18.8 Å². The summed E-state index contributed by atoms with van der Waals surface area (Å²) >= 11 is 0. The van der Waals surface area contributed by atoms with Crippen LogP contribution in [0.25, 0.3) is 0 Å². The topological polar surface area (TPSA) is 37.4 Å². The number of anilines is 1. The standard InChI is InChI=1S/C26H43NO2S/c1-20-16-21(2)18-27(17-20)25-14-12-23(13-15-25)7-6-22-8-10-24(11-9-22)19-30(28,29)26(3,4)5/h12-15,20-22,24H,6-11,16-19H2,1-5H3/t20-,21-,22?,24?/m1/s1. The second-order valence-electron chi connectivity index (χ2n) is 11.3. The summed E-state index contributed by atoms with van der Waals surface area (Å²) in [5.74, 6) is 3.04. The zero-order chi connectivity index (χ0) is 21.9. The summed E-state index contributed by atoms with van der Waals surface area (Å²) in [6.07, 6.45) is 8.24. The number of sulfone groups is 1. The highest BCUT2D eigenvalue weighted by molar-refractivity contribution is 7.92. The molecule has 3 rings (SSSR count). The Morgan fingerprint density at radius 3 is 1.97 bits per heavy atom. The SMILES string of the molecule is C[C@@H]1C[C@@H](C)CN(c2ccc(CCC3CCC(CS(=O)(=O)C(C)(C)C)CC3)cc2)C1. The summed E-state index contributed by atoms with van der Waals surface area (Å²) in [6.45, 7) is 12.6. The lowest BCUT2D eigenvalue weighted by Gasteiger charge is -2.36. The zero-order valence-electron chi connectivity index (χ0n) is 19.9. The number of aryl methyl sites for hydroxylation is 1. The molecule has 1 heterocycles. The molecule has 1 aromatic rings. The number of hydrogen-bond donors (Lipinski definition) is 0. The van der Waals surface area contributed by atoms with Crippen LogP contribution in [-0.2, 0) is 16.3 Å². The van der Waals surface area contributed by atoms with E-state index in [4.69, 9.17) is 0 Å². The molecule has 30 heavy (non-hydrogen) atoms. The first-order valence-corrected chi connectivity index (χ1v) is 13.7. The van der Waals surface area contributed by atoms with Crippen molar-refractivity contribution >= 4 is 15.5 Å². The molecule has 1 aromatic carbocycles. The molecule has 1 saturated carbocycles. The first-order valence-electron chi connectivity index (χ1n) is 12.1. The minimum Gasteiger partial charge on any atom is -0.371 e. The molecule has 170 valence electrons. The van der Waals surface area contributed by atoms with Crippen LogP contribution in [0.2, 0.25) is 0 Å². The van der Waals surface area contributed by atoms with Crippen LogP contribution < -0.4 is 4.90 Å². The van der Waals surface area contributed by atoms with Crippen molar-refractivity contribution in [1.82, 2.24) is 0 Å². The van der Waals surface area contributed by atoms with Crippen molar-refractivity contribution in [2.45, 2.75) is 84.3 Å². The van der Waals surface area contributed by atoms with Crippen molar-refractivity contribution in [3.05, 3.63) is 29.8 Å². The van der Waals surface area contributed by atoms with Crippen LogP contribution in [0.3, 0.4) is 0 Å². The van der Waals surface area contributed by atoms with Crippen LogP contribution in [0.1, 0.15) is 78.7 Å². The summed E-state index contributed by atoms with van der Waals surface area (Å²) < 4.78 is 24.3. The van der Waals surface area contributed by atoms with E-state index in [2.05, 4.69) is 43.0 Å². The molecule has 2 aliphatic rings. The van der Waals surface area contributed by atoms with E-state index in [1.54, 1.807) is 0 Å². The van der Waals surface area contributed by atoms with Crippen molar-refractivity contribution < 1.29 is 8.42 Å². The highest BCUT2D eigenvalue weighted by Gasteiger charge is 2.33. The Hall–Kier alpha value is -1.03. The average molecular weight is 434 g/mol. The van der Waals surface area contributed by atoms with Gasteiger partial charge < -0.3 is 4.90 Å². The maximum absolute atomic E-state index is 12.5. The molecule has 0 aromatic heterocycles. The molecule has 3 nitrogen and oxygen atoms in total. The van der Waals surface area contributed by atoms with E-state index in [0.29, 0.717) is 11.7 Å². The Kier molecular flexibility index (Phi) is 7.58. The van der Waals surface area contributed by atoms with Gasteiger partial charge in [-0.1, -0.05) is 38.8 Å². The molecule has 0 unspecified atom stereocenters. The molecular formula is C26H43NO2S. The van der Waals surface area contributed by atoms with Crippen LogP contribution in [0.15, 0.2) is 24.3 Å². The van der Waals surface area contributed by atoms with Crippen LogP contribution in [0, 0.1) is 23.7 Å². The molecular weight excluding hydrogens is 390 g/mol. The summed E-state index contributed by atoms with van der Waals surface area (Å²) in [7, 11) is -2.99. The predicted molar refractivity (Wildman–Crippen MR) is 129 cm³/mol. The maximum atomic E-state index is 12.5. The van der Waals surface area contributed by atoms with E-state index in [-0.39, 0.29) is 0 Å². The third-order valence-corrected chi connectivity index (χ3v) is 10.1. The maximum Gasteiger partial charge on any atom is 0.155 e. The third-order valence-electron chi connectivity index (χ3n) is 7.37. The van der Waals surface area contributed by atoms with Crippen LogP contribution >= 0.6 is 0 Å². The van der Waals surface area contributed by atoms with E-state index in [9.17, 15) is 8.42 Å². The van der Waals surface area contributed by atoms with Crippen LogP contribution in [-0.4, -0.2) is 32.0 Å². The number of nitrogens with zero attached hydrogens (tertiary/aromatic N) is 1. The van der Waals surface area contributed by atoms with Gasteiger partial charge in [0.2, 0.25) is 0 Å². The van der Waals surface area contributed by atoms with Gasteiger partial charge >= 0.3 is 0 Å². The van der Waals surface area contributed by atoms with Gasteiger partial charge in [0.25, 0.3) is 0 Å². The average Bonchev–Trinajstić information content (AvgIpc) is 2.66. The van der Waals surface area contributed by atoms with Crippen LogP contribution in [0.4, 0.5) is 5.69 Å².